The number of pyridine rings is 1. The first-order chi connectivity index (χ1) is 19.2. The molecule has 186 valence electrons. The number of hydrogen-bond acceptors (Lipinski definition) is 1. The molecular formula is C35H26N4. The van der Waals surface area contributed by atoms with Crippen molar-refractivity contribution in [2.24, 2.45) is 0 Å². The van der Waals surface area contributed by atoms with Crippen molar-refractivity contribution in [2.45, 2.75) is 13.8 Å². The fraction of sp³-hybridized carbons (Fsp3) is 0.0571. The van der Waals surface area contributed by atoms with Crippen molar-refractivity contribution in [1.29, 1.82) is 0 Å². The summed E-state index contributed by atoms with van der Waals surface area (Å²) in [5, 5.41) is 4.81. The van der Waals surface area contributed by atoms with Gasteiger partial charge in [0.05, 0.1) is 16.6 Å². The van der Waals surface area contributed by atoms with Crippen LogP contribution in [-0.4, -0.2) is 18.7 Å². The Morgan fingerprint density at radius 3 is 1.90 bits per heavy atom. The first-order valence-electron chi connectivity index (χ1n) is 13.3. The van der Waals surface area contributed by atoms with Gasteiger partial charge >= 0.3 is 0 Å². The summed E-state index contributed by atoms with van der Waals surface area (Å²) in [6.45, 7) is 4.30. The Morgan fingerprint density at radius 2 is 1.15 bits per heavy atom. The number of rotatable bonds is 3. The summed E-state index contributed by atoms with van der Waals surface area (Å²) in [6, 6.07) is 41.1. The molecule has 0 unspecified atom stereocenters. The highest BCUT2D eigenvalue weighted by Crippen LogP contribution is 2.36. The van der Waals surface area contributed by atoms with Gasteiger partial charge in [-0.2, -0.15) is 0 Å². The van der Waals surface area contributed by atoms with E-state index in [1.807, 2.05) is 0 Å². The molecule has 4 nitrogen and oxygen atoms in total. The molecule has 0 aliphatic carbocycles. The van der Waals surface area contributed by atoms with E-state index in [-0.39, 0.29) is 0 Å². The van der Waals surface area contributed by atoms with Crippen LogP contribution in [0.4, 0.5) is 0 Å². The smallest absolute Gasteiger partial charge is 0.148 e. The van der Waals surface area contributed by atoms with Gasteiger partial charge in [0.1, 0.15) is 11.5 Å². The van der Waals surface area contributed by atoms with Crippen molar-refractivity contribution in [3.05, 3.63) is 133 Å². The number of nitrogens with zero attached hydrogens (tertiary/aromatic N) is 4. The predicted molar refractivity (Wildman–Crippen MR) is 162 cm³/mol. The highest BCUT2D eigenvalue weighted by molar-refractivity contribution is 6.11. The molecule has 0 bridgehead atoms. The molecular weight excluding hydrogens is 476 g/mol. The molecule has 8 aromatic rings. The molecule has 0 aliphatic heterocycles. The minimum absolute atomic E-state index is 0.909. The van der Waals surface area contributed by atoms with Gasteiger partial charge in [-0.15, -0.1) is 0 Å². The van der Waals surface area contributed by atoms with Crippen molar-refractivity contribution in [1.82, 2.24) is 18.7 Å². The zero-order valence-electron chi connectivity index (χ0n) is 21.8. The van der Waals surface area contributed by atoms with E-state index in [9.17, 15) is 0 Å². The number of benzene rings is 4. The number of aromatic nitrogens is 4. The molecule has 0 spiro atoms. The first-order valence-corrected chi connectivity index (χ1v) is 13.3. The summed E-state index contributed by atoms with van der Waals surface area (Å²) in [7, 11) is 0. The monoisotopic (exact) mass is 502 g/mol. The SMILES string of the molecule is Cc1cc(C)n(-c2ccc3c4ccccc4n(-c4ccc5c6ccccc6n(-c6ccccc6)c5n4)c3c2)c1. The lowest BCUT2D eigenvalue weighted by atomic mass is 10.1. The summed E-state index contributed by atoms with van der Waals surface area (Å²) in [6.07, 6.45) is 2.20. The number of hydrogen-bond donors (Lipinski definition) is 0. The van der Waals surface area contributed by atoms with Crippen molar-refractivity contribution < 1.29 is 0 Å². The molecule has 39 heavy (non-hydrogen) atoms. The lowest BCUT2D eigenvalue weighted by Crippen LogP contribution is -2.01. The Morgan fingerprint density at radius 1 is 0.513 bits per heavy atom. The Balaban J connectivity index is 1.46. The van der Waals surface area contributed by atoms with Crippen LogP contribution in [0.25, 0.3) is 60.9 Å². The van der Waals surface area contributed by atoms with Gasteiger partial charge in [0.15, 0.2) is 0 Å². The zero-order valence-corrected chi connectivity index (χ0v) is 21.8. The van der Waals surface area contributed by atoms with E-state index in [0.717, 1.165) is 44.8 Å². The van der Waals surface area contributed by atoms with E-state index >= 15 is 0 Å². The third kappa shape index (κ3) is 3.21. The van der Waals surface area contributed by atoms with Crippen molar-refractivity contribution >= 4 is 43.7 Å². The molecule has 0 aliphatic rings. The number of para-hydroxylation sites is 3. The molecule has 4 aromatic heterocycles. The maximum absolute atomic E-state index is 5.37. The fourth-order valence-electron chi connectivity index (χ4n) is 6.17. The standard InChI is InChI=1S/C35H26N4/c1-23-20-24(2)37(22-23)26-16-17-29-27-12-6-9-15-32(27)39(33(29)21-26)34-19-18-30-28-13-7-8-14-31(28)38(35(30)36-34)25-10-4-3-5-11-25/h3-22H,1-2H3. The summed E-state index contributed by atoms with van der Waals surface area (Å²) >= 11 is 0. The summed E-state index contributed by atoms with van der Waals surface area (Å²) in [4.78, 5) is 5.37. The summed E-state index contributed by atoms with van der Waals surface area (Å²) in [5.41, 5.74) is 9.15. The Kier molecular flexibility index (Phi) is 4.62. The first kappa shape index (κ1) is 21.9. The largest absolute Gasteiger partial charge is 0.321 e. The fourth-order valence-corrected chi connectivity index (χ4v) is 6.17. The average molecular weight is 503 g/mol. The summed E-state index contributed by atoms with van der Waals surface area (Å²) < 4.78 is 6.85. The van der Waals surface area contributed by atoms with Crippen LogP contribution in [0.5, 0.6) is 0 Å². The van der Waals surface area contributed by atoms with Crippen LogP contribution >= 0.6 is 0 Å². The van der Waals surface area contributed by atoms with E-state index in [2.05, 4.69) is 149 Å². The van der Waals surface area contributed by atoms with Gasteiger partial charge in [-0.3, -0.25) is 9.13 Å². The van der Waals surface area contributed by atoms with Crippen LogP contribution in [0.1, 0.15) is 11.3 Å². The maximum atomic E-state index is 5.37. The lowest BCUT2D eigenvalue weighted by Gasteiger charge is -2.11. The number of fused-ring (bicyclic) bond motifs is 6. The molecule has 4 aromatic carbocycles. The number of aryl methyl sites for hydroxylation is 2. The van der Waals surface area contributed by atoms with Crippen molar-refractivity contribution in [2.75, 3.05) is 0 Å². The molecule has 4 heteroatoms. The van der Waals surface area contributed by atoms with Gasteiger partial charge in [-0.1, -0.05) is 60.7 Å². The van der Waals surface area contributed by atoms with Crippen molar-refractivity contribution in [3.8, 4) is 17.2 Å². The molecule has 0 N–H and O–H groups in total. The van der Waals surface area contributed by atoms with Crippen LogP contribution in [0, 0.1) is 13.8 Å². The third-order valence-corrected chi connectivity index (χ3v) is 7.84. The molecule has 4 heterocycles. The van der Waals surface area contributed by atoms with Crippen LogP contribution in [0.15, 0.2) is 121 Å². The Labute approximate surface area is 226 Å². The normalized spacial score (nSPS) is 11.8. The molecule has 0 fully saturated rings. The predicted octanol–water partition coefficient (Wildman–Crippen LogP) is 8.68. The van der Waals surface area contributed by atoms with Crippen LogP contribution < -0.4 is 0 Å². The molecule has 0 saturated carbocycles. The molecule has 0 amide bonds. The van der Waals surface area contributed by atoms with Crippen molar-refractivity contribution in [3.63, 3.8) is 0 Å². The van der Waals surface area contributed by atoms with E-state index < -0.39 is 0 Å². The minimum Gasteiger partial charge on any atom is -0.321 e. The van der Waals surface area contributed by atoms with E-state index in [0.29, 0.717) is 0 Å². The second-order valence-electron chi connectivity index (χ2n) is 10.3. The highest BCUT2D eigenvalue weighted by atomic mass is 15.1. The molecule has 0 saturated heterocycles. The molecule has 0 atom stereocenters. The van der Waals surface area contributed by atoms with Gasteiger partial charge in [0.25, 0.3) is 0 Å². The van der Waals surface area contributed by atoms with Gasteiger partial charge in [-0.05, 0) is 74.0 Å². The molecule has 8 rings (SSSR count). The van der Waals surface area contributed by atoms with E-state index in [4.69, 9.17) is 4.98 Å². The minimum atomic E-state index is 0.909. The highest BCUT2D eigenvalue weighted by Gasteiger charge is 2.18. The van der Waals surface area contributed by atoms with Crippen LogP contribution in [0.2, 0.25) is 0 Å². The average Bonchev–Trinajstić information content (AvgIpc) is 3.61. The van der Waals surface area contributed by atoms with Gasteiger partial charge in [0.2, 0.25) is 0 Å². The third-order valence-electron chi connectivity index (χ3n) is 7.84. The van der Waals surface area contributed by atoms with Gasteiger partial charge in [0, 0.05) is 44.8 Å². The second-order valence-corrected chi connectivity index (χ2v) is 10.3. The second kappa shape index (κ2) is 8.20. The quantitative estimate of drug-likeness (QED) is 0.237. The molecule has 0 radical (unpaired) electrons. The van der Waals surface area contributed by atoms with Gasteiger partial charge in [-0.25, -0.2) is 4.98 Å². The van der Waals surface area contributed by atoms with Crippen LogP contribution in [-0.2, 0) is 0 Å². The Bertz CT molecular complexity index is 2190. The van der Waals surface area contributed by atoms with E-state index in [1.165, 1.54) is 27.4 Å². The summed E-state index contributed by atoms with van der Waals surface area (Å²) in [5.74, 6) is 0.909. The lowest BCUT2D eigenvalue weighted by molar-refractivity contribution is 1.01. The Hall–Kier alpha value is -5.09. The van der Waals surface area contributed by atoms with E-state index in [1.54, 1.807) is 0 Å². The van der Waals surface area contributed by atoms with Crippen LogP contribution in [0.3, 0.4) is 0 Å². The maximum Gasteiger partial charge on any atom is 0.148 e. The topological polar surface area (TPSA) is 27.7 Å². The van der Waals surface area contributed by atoms with Gasteiger partial charge < -0.3 is 4.57 Å². The zero-order chi connectivity index (χ0) is 26.1.